The maximum Gasteiger partial charge on any atom is 0.252 e. The molecule has 0 bridgehead atoms. The molecule has 0 saturated carbocycles. The lowest BCUT2D eigenvalue weighted by molar-refractivity contribution is 0.0956. The summed E-state index contributed by atoms with van der Waals surface area (Å²) in [7, 11) is 0. The second-order valence-electron chi connectivity index (χ2n) is 4.52. The van der Waals surface area contributed by atoms with Crippen LogP contribution in [0.3, 0.4) is 0 Å². The zero-order chi connectivity index (χ0) is 15.9. The molecule has 2 aromatic rings. The van der Waals surface area contributed by atoms with Crippen LogP contribution in [0.2, 0.25) is 5.02 Å². The number of hydrogen-bond donors (Lipinski definition) is 1. The number of benzene rings is 2. The highest BCUT2D eigenvalue weighted by atomic mass is 79.9. The number of amides is 1. The Hall–Kier alpha value is -1.04. The fraction of sp³-hybridized carbons (Fsp3) is 0.188. The fourth-order valence-electron chi connectivity index (χ4n) is 1.80. The zero-order valence-corrected chi connectivity index (χ0v) is 14.8. The number of hydrogen-bond acceptors (Lipinski definition) is 2. The van der Waals surface area contributed by atoms with Gasteiger partial charge in [-0.1, -0.05) is 45.7 Å². The Morgan fingerprint density at radius 3 is 2.82 bits per heavy atom. The first-order chi connectivity index (χ1) is 10.6. The summed E-state index contributed by atoms with van der Waals surface area (Å²) in [6, 6.07) is 11.8. The molecule has 6 heteroatoms. The Bertz CT molecular complexity index is 668. The molecule has 0 fully saturated rings. The van der Waals surface area contributed by atoms with Crippen molar-refractivity contribution in [1.82, 2.24) is 5.32 Å². The van der Waals surface area contributed by atoms with E-state index in [9.17, 15) is 9.18 Å². The maximum atomic E-state index is 13.4. The highest BCUT2D eigenvalue weighted by molar-refractivity contribution is 9.10. The molecule has 2 aromatic carbocycles. The Kier molecular flexibility index (Phi) is 6.73. The van der Waals surface area contributed by atoms with E-state index in [4.69, 9.17) is 11.6 Å². The van der Waals surface area contributed by atoms with Crippen molar-refractivity contribution in [3.8, 4) is 0 Å². The normalized spacial score (nSPS) is 10.5. The first-order valence-corrected chi connectivity index (χ1v) is 8.95. The molecule has 0 atom stereocenters. The minimum atomic E-state index is -0.210. The second kappa shape index (κ2) is 8.56. The summed E-state index contributed by atoms with van der Waals surface area (Å²) in [5.74, 6) is 0.879. The lowest BCUT2D eigenvalue weighted by Gasteiger charge is -2.07. The minimum absolute atomic E-state index is 0.194. The predicted molar refractivity (Wildman–Crippen MR) is 94.0 cm³/mol. The van der Waals surface area contributed by atoms with Crippen molar-refractivity contribution >= 4 is 45.2 Å². The number of halogens is 3. The van der Waals surface area contributed by atoms with E-state index in [1.54, 1.807) is 42.1 Å². The Labute approximate surface area is 146 Å². The quantitative estimate of drug-likeness (QED) is 0.696. The van der Waals surface area contributed by atoms with E-state index in [0.29, 0.717) is 34.2 Å². The second-order valence-corrected chi connectivity index (χ2v) is 6.95. The molecule has 1 N–H and O–H groups in total. The van der Waals surface area contributed by atoms with E-state index in [1.165, 1.54) is 6.07 Å². The van der Waals surface area contributed by atoms with E-state index in [-0.39, 0.29) is 11.7 Å². The molecule has 0 aliphatic rings. The lowest BCUT2D eigenvalue weighted by atomic mass is 10.2. The van der Waals surface area contributed by atoms with Gasteiger partial charge in [0, 0.05) is 22.5 Å². The molecule has 0 spiro atoms. The van der Waals surface area contributed by atoms with Gasteiger partial charge in [0.1, 0.15) is 5.82 Å². The van der Waals surface area contributed by atoms with Gasteiger partial charge >= 0.3 is 0 Å². The molecular formula is C16H14BrClFNOS. The van der Waals surface area contributed by atoms with Crippen molar-refractivity contribution in [3.63, 3.8) is 0 Å². The molecule has 0 saturated heterocycles. The molecule has 0 radical (unpaired) electrons. The third-order valence-electron chi connectivity index (χ3n) is 2.92. The van der Waals surface area contributed by atoms with Gasteiger partial charge in [0.2, 0.25) is 0 Å². The number of nitrogens with one attached hydrogen (secondary N) is 1. The lowest BCUT2D eigenvalue weighted by Crippen LogP contribution is -2.26. The summed E-state index contributed by atoms with van der Waals surface area (Å²) in [4.78, 5) is 12.0. The summed E-state index contributed by atoms with van der Waals surface area (Å²) < 4.78 is 14.2. The highest BCUT2D eigenvalue weighted by Crippen LogP contribution is 2.21. The van der Waals surface area contributed by atoms with Crippen molar-refractivity contribution in [2.75, 3.05) is 12.3 Å². The molecule has 1 amide bonds. The van der Waals surface area contributed by atoms with Crippen LogP contribution in [0, 0.1) is 5.82 Å². The topological polar surface area (TPSA) is 29.1 Å². The minimum Gasteiger partial charge on any atom is -0.351 e. The van der Waals surface area contributed by atoms with Gasteiger partial charge in [0.25, 0.3) is 5.91 Å². The fourth-order valence-corrected chi connectivity index (χ4v) is 3.21. The molecule has 0 aliphatic heterocycles. The van der Waals surface area contributed by atoms with Crippen LogP contribution < -0.4 is 5.32 Å². The van der Waals surface area contributed by atoms with Crippen molar-refractivity contribution in [3.05, 3.63) is 68.9 Å². The van der Waals surface area contributed by atoms with Crippen LogP contribution in [0.15, 0.2) is 46.9 Å². The summed E-state index contributed by atoms with van der Waals surface area (Å²) in [6.07, 6.45) is 0. The van der Waals surface area contributed by atoms with Gasteiger partial charge < -0.3 is 5.32 Å². The summed E-state index contributed by atoms with van der Waals surface area (Å²) in [5, 5.41) is 3.23. The molecule has 0 unspecified atom stereocenters. The van der Waals surface area contributed by atoms with Crippen LogP contribution in [0.25, 0.3) is 0 Å². The molecule has 2 rings (SSSR count). The van der Waals surface area contributed by atoms with E-state index < -0.39 is 0 Å². The Morgan fingerprint density at radius 1 is 1.27 bits per heavy atom. The number of rotatable bonds is 6. The molecule has 2 nitrogen and oxygen atoms in total. The smallest absolute Gasteiger partial charge is 0.252 e. The van der Waals surface area contributed by atoms with E-state index in [2.05, 4.69) is 21.2 Å². The zero-order valence-electron chi connectivity index (χ0n) is 11.6. The van der Waals surface area contributed by atoms with E-state index >= 15 is 0 Å². The van der Waals surface area contributed by atoms with Crippen LogP contribution in [-0.4, -0.2) is 18.2 Å². The summed E-state index contributed by atoms with van der Waals surface area (Å²) in [6.45, 7) is 0.501. The molecule has 0 aliphatic carbocycles. The van der Waals surface area contributed by atoms with Crippen molar-refractivity contribution in [1.29, 1.82) is 0 Å². The average Bonchev–Trinajstić information content (AvgIpc) is 2.51. The maximum absolute atomic E-state index is 13.4. The molecular weight excluding hydrogens is 389 g/mol. The Morgan fingerprint density at radius 2 is 2.05 bits per heavy atom. The largest absolute Gasteiger partial charge is 0.351 e. The van der Waals surface area contributed by atoms with Gasteiger partial charge in [-0.05, 0) is 29.8 Å². The van der Waals surface area contributed by atoms with Gasteiger partial charge in [-0.15, -0.1) is 0 Å². The monoisotopic (exact) mass is 401 g/mol. The van der Waals surface area contributed by atoms with E-state index in [0.717, 1.165) is 4.47 Å². The number of carbonyl (C=O) groups excluding carboxylic acids is 1. The summed E-state index contributed by atoms with van der Waals surface area (Å²) in [5.41, 5.74) is 1.11. The third kappa shape index (κ3) is 5.00. The molecule has 0 heterocycles. The van der Waals surface area contributed by atoms with Gasteiger partial charge in [-0.25, -0.2) is 4.39 Å². The highest BCUT2D eigenvalue weighted by Gasteiger charge is 2.10. The van der Waals surface area contributed by atoms with Crippen LogP contribution in [0.5, 0.6) is 0 Å². The van der Waals surface area contributed by atoms with E-state index in [1.807, 2.05) is 6.07 Å². The first kappa shape index (κ1) is 17.3. The molecule has 116 valence electrons. The van der Waals surface area contributed by atoms with Crippen LogP contribution >= 0.6 is 39.3 Å². The summed E-state index contributed by atoms with van der Waals surface area (Å²) >= 11 is 10.9. The third-order valence-corrected chi connectivity index (χ3v) is 4.75. The average molecular weight is 403 g/mol. The van der Waals surface area contributed by atoms with Crippen molar-refractivity contribution in [2.24, 2.45) is 0 Å². The van der Waals surface area contributed by atoms with Gasteiger partial charge in [0.15, 0.2) is 0 Å². The van der Waals surface area contributed by atoms with Gasteiger partial charge in [-0.2, -0.15) is 11.8 Å². The molecule has 0 aromatic heterocycles. The predicted octanol–water partition coefficient (Wildman–Crippen LogP) is 4.90. The first-order valence-electron chi connectivity index (χ1n) is 6.62. The molecule has 22 heavy (non-hydrogen) atoms. The van der Waals surface area contributed by atoms with Crippen molar-refractivity contribution < 1.29 is 9.18 Å². The number of carbonyl (C=O) groups is 1. The van der Waals surface area contributed by atoms with Gasteiger partial charge in [0.05, 0.1) is 10.6 Å². The standard InChI is InChI=1S/C16H14BrClFNOS/c17-12-5-6-14(18)13(9-12)16(21)20-7-8-22-10-11-3-1-2-4-15(11)19/h1-6,9H,7-8,10H2,(H,20,21). The van der Waals surface area contributed by atoms with Crippen molar-refractivity contribution in [2.45, 2.75) is 5.75 Å². The van der Waals surface area contributed by atoms with Crippen LogP contribution in [0.4, 0.5) is 4.39 Å². The van der Waals surface area contributed by atoms with Crippen LogP contribution in [0.1, 0.15) is 15.9 Å². The Balaban J connectivity index is 1.76. The van der Waals surface area contributed by atoms with Crippen LogP contribution in [-0.2, 0) is 5.75 Å². The number of thioether (sulfide) groups is 1. The van der Waals surface area contributed by atoms with Gasteiger partial charge in [-0.3, -0.25) is 4.79 Å². The SMILES string of the molecule is O=C(NCCSCc1ccccc1F)c1cc(Br)ccc1Cl.